The molecule has 0 unspecified atom stereocenters. The van der Waals surface area contributed by atoms with E-state index in [1.165, 1.54) is 6.92 Å². The minimum absolute atomic E-state index is 0.0632. The Morgan fingerprint density at radius 3 is 2.83 bits per heavy atom. The van der Waals surface area contributed by atoms with Crippen LogP contribution in [0.3, 0.4) is 0 Å². The fourth-order valence-electron chi connectivity index (χ4n) is 2.75. The topological polar surface area (TPSA) is 79.6 Å². The highest BCUT2D eigenvalue weighted by molar-refractivity contribution is 5.99. The first-order valence-corrected chi connectivity index (χ1v) is 7.75. The first kappa shape index (κ1) is 16.0. The Hall–Kier alpha value is -2.89. The highest BCUT2D eigenvalue weighted by Crippen LogP contribution is 2.22. The third-order valence-corrected chi connectivity index (χ3v) is 4.05. The van der Waals surface area contributed by atoms with Gasteiger partial charge in [0.2, 0.25) is 11.8 Å². The molecule has 124 valence electrons. The van der Waals surface area contributed by atoms with Gasteiger partial charge in [-0.15, -0.1) is 0 Å². The molecule has 0 bridgehead atoms. The largest absolute Gasteiger partial charge is 0.467 e. The van der Waals surface area contributed by atoms with Crippen molar-refractivity contribution in [2.45, 2.75) is 19.9 Å². The Balaban J connectivity index is 1.62. The molecule has 24 heavy (non-hydrogen) atoms. The van der Waals surface area contributed by atoms with Crippen LogP contribution in [0.5, 0.6) is 0 Å². The zero-order valence-corrected chi connectivity index (χ0v) is 13.3. The van der Waals surface area contributed by atoms with E-state index in [4.69, 9.17) is 4.42 Å². The molecular formula is C18H18N2O4. The third-order valence-electron chi connectivity index (χ3n) is 4.05. The lowest BCUT2D eigenvalue weighted by Crippen LogP contribution is -2.27. The van der Waals surface area contributed by atoms with Crippen LogP contribution in [0, 0.1) is 5.92 Å². The normalized spacial score (nSPS) is 17.1. The lowest BCUT2D eigenvalue weighted by Gasteiger charge is -2.15. The fraction of sp³-hybridized carbons (Fsp3) is 0.278. The van der Waals surface area contributed by atoms with E-state index in [-0.39, 0.29) is 24.0 Å². The highest BCUT2D eigenvalue weighted by Gasteiger charge is 2.34. The van der Waals surface area contributed by atoms with Gasteiger partial charge in [-0.25, -0.2) is 0 Å². The molecule has 0 aliphatic carbocycles. The summed E-state index contributed by atoms with van der Waals surface area (Å²) in [4.78, 5) is 37.5. The molecule has 1 atom stereocenters. The second-order valence-electron chi connectivity index (χ2n) is 5.88. The average molecular weight is 326 g/mol. The number of amides is 2. The fourth-order valence-corrected chi connectivity index (χ4v) is 2.75. The van der Waals surface area contributed by atoms with Crippen molar-refractivity contribution in [3.63, 3.8) is 0 Å². The summed E-state index contributed by atoms with van der Waals surface area (Å²) in [5.74, 6) is -0.0613. The van der Waals surface area contributed by atoms with Crippen molar-refractivity contribution in [3.05, 3.63) is 54.0 Å². The van der Waals surface area contributed by atoms with Crippen molar-refractivity contribution in [1.82, 2.24) is 4.90 Å². The Kier molecular flexibility index (Phi) is 4.46. The van der Waals surface area contributed by atoms with Crippen molar-refractivity contribution in [3.8, 4) is 0 Å². The molecule has 1 aromatic carbocycles. The third kappa shape index (κ3) is 3.53. The number of hydrogen-bond acceptors (Lipinski definition) is 4. The van der Waals surface area contributed by atoms with Gasteiger partial charge in [-0.3, -0.25) is 14.4 Å². The van der Waals surface area contributed by atoms with Crippen LogP contribution in [0.15, 0.2) is 47.1 Å². The molecular weight excluding hydrogens is 308 g/mol. The molecule has 6 nitrogen and oxygen atoms in total. The summed E-state index contributed by atoms with van der Waals surface area (Å²) >= 11 is 0. The number of likely N-dealkylation sites (tertiary alicyclic amines) is 1. The molecule has 2 heterocycles. The van der Waals surface area contributed by atoms with Gasteiger partial charge in [0.15, 0.2) is 5.78 Å². The molecule has 3 rings (SSSR count). The molecule has 2 aromatic rings. The summed E-state index contributed by atoms with van der Waals surface area (Å²) in [5.41, 5.74) is 1.10. The number of nitrogens with zero attached hydrogens (tertiary/aromatic N) is 1. The molecule has 1 fully saturated rings. The van der Waals surface area contributed by atoms with Crippen LogP contribution in [0.4, 0.5) is 5.69 Å². The van der Waals surface area contributed by atoms with Gasteiger partial charge < -0.3 is 14.6 Å². The first-order valence-electron chi connectivity index (χ1n) is 7.75. The van der Waals surface area contributed by atoms with Crippen LogP contribution >= 0.6 is 0 Å². The van der Waals surface area contributed by atoms with Gasteiger partial charge >= 0.3 is 0 Å². The van der Waals surface area contributed by atoms with E-state index < -0.39 is 5.92 Å². The molecule has 0 radical (unpaired) electrons. The van der Waals surface area contributed by atoms with Gasteiger partial charge in [-0.1, -0.05) is 12.1 Å². The van der Waals surface area contributed by atoms with E-state index in [9.17, 15) is 14.4 Å². The first-order chi connectivity index (χ1) is 11.5. The molecule has 1 aromatic heterocycles. The number of rotatable bonds is 5. The van der Waals surface area contributed by atoms with Crippen molar-refractivity contribution in [1.29, 1.82) is 0 Å². The predicted octanol–water partition coefficient (Wildman–Crippen LogP) is 2.47. The van der Waals surface area contributed by atoms with Crippen molar-refractivity contribution in [2.75, 3.05) is 11.9 Å². The van der Waals surface area contributed by atoms with E-state index in [0.29, 0.717) is 30.1 Å². The molecule has 6 heteroatoms. The van der Waals surface area contributed by atoms with E-state index in [2.05, 4.69) is 5.32 Å². The van der Waals surface area contributed by atoms with Crippen LogP contribution in [0.1, 0.15) is 29.5 Å². The standard InChI is InChI=1S/C18H18N2O4/c1-12(21)13-4-2-5-15(8-13)19-18(23)14-9-17(22)20(10-14)11-16-6-3-7-24-16/h2-8,14H,9-11H2,1H3,(H,19,23)/t14-/m1/s1. The van der Waals surface area contributed by atoms with Crippen LogP contribution in [-0.4, -0.2) is 29.0 Å². The molecule has 0 saturated carbocycles. The maximum Gasteiger partial charge on any atom is 0.229 e. The number of nitrogens with one attached hydrogen (secondary N) is 1. The number of furan rings is 1. The number of Topliss-reactive ketones (excluding diaryl/α,β-unsaturated/α-hetero) is 1. The van der Waals surface area contributed by atoms with E-state index in [0.717, 1.165) is 0 Å². The quantitative estimate of drug-likeness (QED) is 0.856. The second kappa shape index (κ2) is 6.70. The summed E-state index contributed by atoms with van der Waals surface area (Å²) in [7, 11) is 0. The van der Waals surface area contributed by atoms with Crippen molar-refractivity contribution in [2.24, 2.45) is 5.92 Å². The summed E-state index contributed by atoms with van der Waals surface area (Å²) in [6.45, 7) is 2.20. The van der Waals surface area contributed by atoms with E-state index in [1.54, 1.807) is 47.6 Å². The Labute approximate surface area is 139 Å². The molecule has 1 aliphatic heterocycles. The minimum atomic E-state index is -0.409. The van der Waals surface area contributed by atoms with Crippen LogP contribution in [0.25, 0.3) is 0 Å². The second-order valence-corrected chi connectivity index (χ2v) is 5.88. The predicted molar refractivity (Wildman–Crippen MR) is 87.3 cm³/mol. The summed E-state index contributed by atoms with van der Waals surface area (Å²) in [6.07, 6.45) is 1.74. The number of anilines is 1. The van der Waals surface area contributed by atoms with Crippen molar-refractivity contribution < 1.29 is 18.8 Å². The Morgan fingerprint density at radius 2 is 2.12 bits per heavy atom. The maximum atomic E-state index is 12.4. The SMILES string of the molecule is CC(=O)c1cccc(NC(=O)[C@@H]2CC(=O)N(Cc3ccco3)C2)c1. The maximum absolute atomic E-state index is 12.4. The van der Waals surface area contributed by atoms with Gasteiger partial charge in [0.1, 0.15) is 5.76 Å². The van der Waals surface area contributed by atoms with Crippen LogP contribution in [-0.2, 0) is 16.1 Å². The molecule has 0 spiro atoms. The smallest absolute Gasteiger partial charge is 0.229 e. The Bertz CT molecular complexity index is 767. The van der Waals surface area contributed by atoms with Gasteiger partial charge in [0.05, 0.1) is 18.7 Å². The molecule has 1 N–H and O–H groups in total. The highest BCUT2D eigenvalue weighted by atomic mass is 16.3. The molecule has 2 amide bonds. The van der Waals surface area contributed by atoms with Gasteiger partial charge in [0.25, 0.3) is 0 Å². The van der Waals surface area contributed by atoms with Gasteiger partial charge in [-0.05, 0) is 31.2 Å². The van der Waals surface area contributed by atoms with Gasteiger partial charge in [-0.2, -0.15) is 0 Å². The monoisotopic (exact) mass is 326 g/mol. The summed E-state index contributed by atoms with van der Waals surface area (Å²) in [5, 5.41) is 2.79. The minimum Gasteiger partial charge on any atom is -0.467 e. The summed E-state index contributed by atoms with van der Waals surface area (Å²) in [6, 6.07) is 10.3. The zero-order chi connectivity index (χ0) is 17.1. The number of carbonyl (C=O) groups is 3. The van der Waals surface area contributed by atoms with Crippen LogP contribution < -0.4 is 5.32 Å². The lowest BCUT2D eigenvalue weighted by molar-refractivity contribution is -0.128. The Morgan fingerprint density at radius 1 is 1.29 bits per heavy atom. The van der Waals surface area contributed by atoms with Crippen LogP contribution in [0.2, 0.25) is 0 Å². The average Bonchev–Trinajstić information content (AvgIpc) is 3.18. The zero-order valence-electron chi connectivity index (χ0n) is 13.3. The van der Waals surface area contributed by atoms with E-state index >= 15 is 0 Å². The van der Waals surface area contributed by atoms with Gasteiger partial charge in [0, 0.05) is 24.2 Å². The number of benzene rings is 1. The van der Waals surface area contributed by atoms with Crippen molar-refractivity contribution >= 4 is 23.3 Å². The number of ketones is 1. The molecule has 1 saturated heterocycles. The number of carbonyl (C=O) groups excluding carboxylic acids is 3. The lowest BCUT2D eigenvalue weighted by atomic mass is 10.1. The molecule has 1 aliphatic rings. The van der Waals surface area contributed by atoms with E-state index in [1.807, 2.05) is 0 Å². The number of hydrogen-bond donors (Lipinski definition) is 1. The summed E-state index contributed by atoms with van der Waals surface area (Å²) < 4.78 is 5.24.